The number of carbonyl (C=O) groups excluding carboxylic acids is 3. The third-order valence-electron chi connectivity index (χ3n) is 5.49. The molecule has 4 rings (SSSR count). The average Bonchev–Trinajstić information content (AvgIpc) is 3.39. The standard InChI is InChI=1S/C27H24N4O6/c28-24(29)20-12-11-19-15-35-16-21(19)23(20)25(32)31-37-26(33)22(13-17-7-3-1-4-8-17)30-27(34)36-14-18-9-5-2-6-10-18/h1-12,15-16,22H,13-14H2,(H3,28,29)(H,30,34)(H,31,32). The van der Waals surface area contributed by atoms with Crippen molar-refractivity contribution in [1.82, 2.24) is 10.8 Å². The Kier molecular flexibility index (Phi) is 7.79. The molecule has 0 saturated carbocycles. The number of carbonyl (C=O) groups is 3. The second kappa shape index (κ2) is 11.5. The van der Waals surface area contributed by atoms with Gasteiger partial charge in [-0.2, -0.15) is 5.48 Å². The lowest BCUT2D eigenvalue weighted by molar-refractivity contribution is -0.151. The van der Waals surface area contributed by atoms with Crippen LogP contribution in [0.25, 0.3) is 10.8 Å². The van der Waals surface area contributed by atoms with Gasteiger partial charge in [0.2, 0.25) is 0 Å². The Labute approximate surface area is 211 Å². The fourth-order valence-corrected chi connectivity index (χ4v) is 3.68. The maximum absolute atomic E-state index is 13.0. The molecule has 3 aromatic carbocycles. The molecule has 0 bridgehead atoms. The maximum atomic E-state index is 13.0. The van der Waals surface area contributed by atoms with E-state index in [-0.39, 0.29) is 30.0 Å². The van der Waals surface area contributed by atoms with E-state index in [4.69, 9.17) is 25.1 Å². The molecule has 5 N–H and O–H groups in total. The van der Waals surface area contributed by atoms with Gasteiger partial charge in [-0.3, -0.25) is 10.2 Å². The number of nitrogens with one attached hydrogen (secondary N) is 3. The van der Waals surface area contributed by atoms with Crippen molar-refractivity contribution < 1.29 is 28.4 Å². The zero-order chi connectivity index (χ0) is 26.2. The topological polar surface area (TPSA) is 157 Å². The van der Waals surface area contributed by atoms with E-state index >= 15 is 0 Å². The number of hydrogen-bond donors (Lipinski definition) is 4. The minimum Gasteiger partial charge on any atom is -0.471 e. The first kappa shape index (κ1) is 25.0. The molecule has 0 spiro atoms. The van der Waals surface area contributed by atoms with Gasteiger partial charge < -0.3 is 25.0 Å². The Morgan fingerprint density at radius 2 is 1.59 bits per heavy atom. The number of alkyl carbamates (subject to hydrolysis) is 1. The van der Waals surface area contributed by atoms with E-state index in [1.807, 2.05) is 24.3 Å². The summed E-state index contributed by atoms with van der Waals surface area (Å²) in [6, 6.07) is 20.0. The van der Waals surface area contributed by atoms with Crippen LogP contribution in [-0.2, 0) is 27.4 Å². The van der Waals surface area contributed by atoms with Gasteiger partial charge in [0.05, 0.1) is 18.1 Å². The van der Waals surface area contributed by atoms with Crippen LogP contribution in [0, 0.1) is 5.41 Å². The summed E-state index contributed by atoms with van der Waals surface area (Å²) >= 11 is 0. The Bertz CT molecular complexity index is 1420. The average molecular weight is 501 g/mol. The summed E-state index contributed by atoms with van der Waals surface area (Å²) in [6.07, 6.45) is 2.03. The van der Waals surface area contributed by atoms with E-state index in [1.54, 1.807) is 42.5 Å². The SMILES string of the molecule is N=C(N)c1ccc2cocc2c1C(=O)NOC(=O)C(Cc1ccccc1)NC(=O)OCc1ccccc1. The van der Waals surface area contributed by atoms with Crippen molar-refractivity contribution in [2.75, 3.05) is 0 Å². The molecule has 1 aromatic heterocycles. The van der Waals surface area contributed by atoms with Crippen LogP contribution < -0.4 is 16.5 Å². The molecule has 0 radical (unpaired) electrons. The molecule has 0 aliphatic carbocycles. The Balaban J connectivity index is 1.46. The second-order valence-electron chi connectivity index (χ2n) is 8.08. The Morgan fingerprint density at radius 3 is 2.27 bits per heavy atom. The van der Waals surface area contributed by atoms with Crippen molar-refractivity contribution in [2.45, 2.75) is 19.1 Å². The monoisotopic (exact) mass is 500 g/mol. The first-order valence-electron chi connectivity index (χ1n) is 11.3. The van der Waals surface area contributed by atoms with Crippen molar-refractivity contribution in [2.24, 2.45) is 5.73 Å². The smallest absolute Gasteiger partial charge is 0.408 e. The highest BCUT2D eigenvalue weighted by atomic mass is 16.7. The van der Waals surface area contributed by atoms with Crippen molar-refractivity contribution in [3.63, 3.8) is 0 Å². The molecule has 0 saturated heterocycles. The van der Waals surface area contributed by atoms with Crippen LogP contribution in [0.1, 0.15) is 27.0 Å². The van der Waals surface area contributed by atoms with E-state index in [0.717, 1.165) is 11.1 Å². The lowest BCUT2D eigenvalue weighted by Gasteiger charge is -2.18. The molecule has 37 heavy (non-hydrogen) atoms. The Morgan fingerprint density at radius 1 is 0.919 bits per heavy atom. The van der Waals surface area contributed by atoms with Crippen LogP contribution in [0.3, 0.4) is 0 Å². The van der Waals surface area contributed by atoms with Crippen LogP contribution in [0.15, 0.2) is 89.7 Å². The third kappa shape index (κ3) is 6.31. The van der Waals surface area contributed by atoms with Crippen LogP contribution in [-0.4, -0.2) is 29.8 Å². The number of amidine groups is 1. The number of fused-ring (bicyclic) bond motifs is 1. The minimum absolute atomic E-state index is 0.0129. The van der Waals surface area contributed by atoms with E-state index in [1.165, 1.54) is 18.6 Å². The zero-order valence-corrected chi connectivity index (χ0v) is 19.6. The van der Waals surface area contributed by atoms with E-state index in [9.17, 15) is 14.4 Å². The molecular formula is C27H24N4O6. The van der Waals surface area contributed by atoms with Crippen LogP contribution in [0.5, 0.6) is 0 Å². The van der Waals surface area contributed by atoms with E-state index in [0.29, 0.717) is 10.8 Å². The van der Waals surface area contributed by atoms with Gasteiger partial charge in [0.15, 0.2) is 0 Å². The number of rotatable bonds is 8. The fraction of sp³-hybridized carbons (Fsp3) is 0.111. The number of hydrogen-bond acceptors (Lipinski definition) is 7. The van der Waals surface area contributed by atoms with Crippen molar-refractivity contribution >= 4 is 34.6 Å². The molecule has 0 fully saturated rings. The number of hydroxylamine groups is 1. The summed E-state index contributed by atoms with van der Waals surface area (Å²) < 4.78 is 10.4. The number of nitrogen functional groups attached to an aromatic ring is 1. The largest absolute Gasteiger partial charge is 0.471 e. The van der Waals surface area contributed by atoms with E-state index < -0.39 is 24.0 Å². The summed E-state index contributed by atoms with van der Waals surface area (Å²) in [7, 11) is 0. The molecule has 10 nitrogen and oxygen atoms in total. The normalized spacial score (nSPS) is 11.4. The quantitative estimate of drug-likeness (QED) is 0.164. The van der Waals surface area contributed by atoms with Crippen molar-refractivity contribution in [3.8, 4) is 0 Å². The van der Waals surface area contributed by atoms with Crippen LogP contribution in [0.2, 0.25) is 0 Å². The highest BCUT2D eigenvalue weighted by Crippen LogP contribution is 2.23. The molecule has 1 heterocycles. The summed E-state index contributed by atoms with van der Waals surface area (Å²) in [5.41, 5.74) is 9.42. The van der Waals surface area contributed by atoms with Gasteiger partial charge in [0.1, 0.15) is 18.5 Å². The summed E-state index contributed by atoms with van der Waals surface area (Å²) in [6.45, 7) is 0.0129. The predicted octanol–water partition coefficient (Wildman–Crippen LogP) is 3.44. The number of furan rings is 1. The van der Waals surface area contributed by atoms with Gasteiger partial charge in [-0.05, 0) is 17.2 Å². The first-order valence-corrected chi connectivity index (χ1v) is 11.3. The summed E-state index contributed by atoms with van der Waals surface area (Å²) in [5.74, 6) is -2.07. The fourth-order valence-electron chi connectivity index (χ4n) is 3.68. The van der Waals surface area contributed by atoms with Crippen molar-refractivity contribution in [3.05, 3.63) is 108 Å². The van der Waals surface area contributed by atoms with Gasteiger partial charge in [-0.15, -0.1) is 0 Å². The minimum atomic E-state index is -1.16. The van der Waals surface area contributed by atoms with Gasteiger partial charge in [-0.25, -0.2) is 9.59 Å². The van der Waals surface area contributed by atoms with Crippen LogP contribution >= 0.6 is 0 Å². The number of nitrogens with two attached hydrogens (primary N) is 1. The molecule has 4 aromatic rings. The van der Waals surface area contributed by atoms with Gasteiger partial charge >= 0.3 is 12.1 Å². The molecule has 188 valence electrons. The van der Waals surface area contributed by atoms with Crippen LogP contribution in [0.4, 0.5) is 4.79 Å². The second-order valence-corrected chi connectivity index (χ2v) is 8.08. The molecule has 2 amide bonds. The zero-order valence-electron chi connectivity index (χ0n) is 19.6. The van der Waals surface area contributed by atoms with E-state index in [2.05, 4.69) is 10.8 Å². The molecule has 1 atom stereocenters. The van der Waals surface area contributed by atoms with Gasteiger partial charge in [0, 0.05) is 22.8 Å². The number of benzene rings is 3. The lowest BCUT2D eigenvalue weighted by atomic mass is 10.0. The van der Waals surface area contributed by atoms with Gasteiger partial charge in [-0.1, -0.05) is 66.7 Å². The third-order valence-corrected chi connectivity index (χ3v) is 5.49. The molecule has 1 unspecified atom stereocenters. The molecular weight excluding hydrogens is 476 g/mol. The molecule has 0 aliphatic rings. The maximum Gasteiger partial charge on any atom is 0.408 e. The van der Waals surface area contributed by atoms with Gasteiger partial charge in [0.25, 0.3) is 5.91 Å². The number of ether oxygens (including phenoxy) is 1. The highest BCUT2D eigenvalue weighted by molar-refractivity contribution is 6.15. The molecule has 0 aliphatic heterocycles. The molecule has 10 heteroatoms. The first-order chi connectivity index (χ1) is 17.9. The number of amides is 2. The lowest BCUT2D eigenvalue weighted by Crippen LogP contribution is -2.46. The predicted molar refractivity (Wildman–Crippen MR) is 134 cm³/mol. The highest BCUT2D eigenvalue weighted by Gasteiger charge is 2.26. The van der Waals surface area contributed by atoms with Crippen molar-refractivity contribution in [1.29, 1.82) is 5.41 Å². The summed E-state index contributed by atoms with van der Waals surface area (Å²) in [5, 5.41) is 11.3. The Hall–Kier alpha value is -5.12. The summed E-state index contributed by atoms with van der Waals surface area (Å²) in [4.78, 5) is 43.4.